The molecular formula is C23H30N2O4S. The van der Waals surface area contributed by atoms with Gasteiger partial charge in [-0.25, -0.2) is 8.42 Å². The van der Waals surface area contributed by atoms with Crippen LogP contribution in [0.4, 0.5) is 5.69 Å². The summed E-state index contributed by atoms with van der Waals surface area (Å²) in [5.41, 5.74) is 1.71. The Morgan fingerprint density at radius 2 is 1.70 bits per heavy atom. The second-order valence-electron chi connectivity index (χ2n) is 8.00. The number of para-hydroxylation sites is 1. The number of ether oxygens (including phenoxy) is 1. The number of morpholine rings is 1. The highest BCUT2D eigenvalue weighted by molar-refractivity contribution is 7.92. The van der Waals surface area contributed by atoms with Gasteiger partial charge in [0.05, 0.1) is 28.4 Å². The Kier molecular flexibility index (Phi) is 6.83. The van der Waals surface area contributed by atoms with Crippen LogP contribution in [0.1, 0.15) is 56.0 Å². The first-order valence-electron chi connectivity index (χ1n) is 10.4. The maximum absolute atomic E-state index is 13.1. The van der Waals surface area contributed by atoms with E-state index >= 15 is 0 Å². The van der Waals surface area contributed by atoms with Crippen molar-refractivity contribution in [1.82, 2.24) is 4.90 Å². The van der Waals surface area contributed by atoms with Gasteiger partial charge in [-0.2, -0.15) is 0 Å². The molecule has 2 aromatic carbocycles. The molecule has 1 saturated heterocycles. The number of anilines is 1. The monoisotopic (exact) mass is 430 g/mol. The van der Waals surface area contributed by atoms with Crippen molar-refractivity contribution in [2.45, 2.75) is 57.1 Å². The van der Waals surface area contributed by atoms with Gasteiger partial charge in [0.1, 0.15) is 0 Å². The Balaban J connectivity index is 1.84. The van der Waals surface area contributed by atoms with Crippen molar-refractivity contribution in [2.24, 2.45) is 0 Å². The Morgan fingerprint density at radius 1 is 1.10 bits per heavy atom. The summed E-state index contributed by atoms with van der Waals surface area (Å²) in [6.45, 7) is 9.00. The topological polar surface area (TPSA) is 75.7 Å². The molecule has 0 unspecified atom stereocenters. The van der Waals surface area contributed by atoms with Gasteiger partial charge in [-0.1, -0.05) is 38.1 Å². The highest BCUT2D eigenvalue weighted by Crippen LogP contribution is 2.25. The SMILES string of the molecule is CC[C@H](C)c1ccc(S(=O)(=O)Nc2ccccc2C(=O)N2C[C@H](C)O[C@@H](C)C2)cc1. The van der Waals surface area contributed by atoms with E-state index in [2.05, 4.69) is 18.6 Å². The van der Waals surface area contributed by atoms with Crippen LogP contribution < -0.4 is 4.72 Å². The summed E-state index contributed by atoms with van der Waals surface area (Å²) in [5.74, 6) is 0.161. The zero-order valence-electron chi connectivity index (χ0n) is 18.0. The molecule has 3 rings (SSSR count). The average Bonchev–Trinajstić information content (AvgIpc) is 2.72. The van der Waals surface area contributed by atoms with Gasteiger partial charge in [-0.15, -0.1) is 0 Å². The summed E-state index contributed by atoms with van der Waals surface area (Å²) in [4.78, 5) is 15.0. The fourth-order valence-electron chi connectivity index (χ4n) is 3.69. The highest BCUT2D eigenvalue weighted by Gasteiger charge is 2.28. The lowest BCUT2D eigenvalue weighted by atomic mass is 9.99. The molecule has 1 fully saturated rings. The molecule has 1 aliphatic rings. The van der Waals surface area contributed by atoms with Crippen molar-refractivity contribution >= 4 is 21.6 Å². The molecule has 162 valence electrons. The molecule has 0 aliphatic carbocycles. The first-order valence-corrected chi connectivity index (χ1v) is 11.9. The molecule has 1 aliphatic heterocycles. The molecular weight excluding hydrogens is 400 g/mol. The van der Waals surface area contributed by atoms with E-state index in [-0.39, 0.29) is 28.7 Å². The van der Waals surface area contributed by atoms with Crippen molar-refractivity contribution in [3.63, 3.8) is 0 Å². The maximum atomic E-state index is 13.1. The number of nitrogens with one attached hydrogen (secondary N) is 1. The Bertz CT molecular complexity index is 979. The van der Waals surface area contributed by atoms with Crippen molar-refractivity contribution < 1.29 is 17.9 Å². The van der Waals surface area contributed by atoms with Crippen molar-refractivity contribution in [2.75, 3.05) is 17.8 Å². The molecule has 30 heavy (non-hydrogen) atoms. The molecule has 0 spiro atoms. The number of benzene rings is 2. The van der Waals surface area contributed by atoms with Crippen molar-refractivity contribution in [3.05, 3.63) is 59.7 Å². The van der Waals surface area contributed by atoms with Gasteiger partial charge in [0.25, 0.3) is 15.9 Å². The van der Waals surface area contributed by atoms with Crippen molar-refractivity contribution in [3.8, 4) is 0 Å². The first-order chi connectivity index (χ1) is 14.2. The lowest BCUT2D eigenvalue weighted by Crippen LogP contribution is -2.48. The standard InChI is InChI=1S/C23H30N2O4S/c1-5-16(2)19-10-12-20(13-11-19)30(27,28)24-22-9-7-6-8-21(22)23(26)25-14-17(3)29-18(4)15-25/h6-13,16-18,24H,5,14-15H2,1-4H3/t16-,17-,18-/m0/s1. The van der Waals surface area contributed by atoms with Crippen molar-refractivity contribution in [1.29, 1.82) is 0 Å². The molecule has 7 heteroatoms. The van der Waals surface area contributed by atoms with Gasteiger partial charge < -0.3 is 9.64 Å². The lowest BCUT2D eigenvalue weighted by Gasteiger charge is -2.35. The molecule has 1 amide bonds. The number of sulfonamides is 1. The predicted molar refractivity (Wildman–Crippen MR) is 118 cm³/mol. The van der Waals surface area contributed by atoms with Crippen LogP contribution in [0.2, 0.25) is 0 Å². The van der Waals surface area contributed by atoms with Gasteiger partial charge in [0.2, 0.25) is 0 Å². The molecule has 0 aromatic heterocycles. The normalized spacial score (nSPS) is 20.6. The molecule has 1 N–H and O–H groups in total. The minimum absolute atomic E-state index is 0.0643. The number of amides is 1. The van der Waals surface area contributed by atoms with E-state index in [0.717, 1.165) is 12.0 Å². The predicted octanol–water partition coefficient (Wildman–Crippen LogP) is 4.25. The van der Waals surface area contributed by atoms with E-state index in [1.807, 2.05) is 26.0 Å². The number of carbonyl (C=O) groups excluding carboxylic acids is 1. The quantitative estimate of drug-likeness (QED) is 0.743. The van der Waals surface area contributed by atoms with E-state index < -0.39 is 10.0 Å². The van der Waals surface area contributed by atoms with Gasteiger partial charge in [0, 0.05) is 13.1 Å². The van der Waals surface area contributed by atoms with Crippen LogP contribution in [0, 0.1) is 0 Å². The number of rotatable bonds is 6. The summed E-state index contributed by atoms with van der Waals surface area (Å²) in [6.07, 6.45) is 0.856. The van der Waals surface area contributed by atoms with Crippen LogP contribution in [0.5, 0.6) is 0 Å². The highest BCUT2D eigenvalue weighted by atomic mass is 32.2. The largest absolute Gasteiger partial charge is 0.372 e. The maximum Gasteiger partial charge on any atom is 0.261 e. The average molecular weight is 431 g/mol. The number of nitrogens with zero attached hydrogens (tertiary/aromatic N) is 1. The Morgan fingerprint density at radius 3 is 2.30 bits per heavy atom. The van der Waals surface area contributed by atoms with E-state index in [9.17, 15) is 13.2 Å². The lowest BCUT2D eigenvalue weighted by molar-refractivity contribution is -0.0585. The van der Waals surface area contributed by atoms with E-state index in [4.69, 9.17) is 4.74 Å². The second-order valence-corrected chi connectivity index (χ2v) is 9.68. The Labute approximate surface area is 179 Å². The summed E-state index contributed by atoms with van der Waals surface area (Å²) in [7, 11) is -3.82. The molecule has 0 radical (unpaired) electrons. The fourth-order valence-corrected chi connectivity index (χ4v) is 4.77. The third-order valence-corrected chi connectivity index (χ3v) is 6.86. The molecule has 6 nitrogen and oxygen atoms in total. The number of hydrogen-bond donors (Lipinski definition) is 1. The van der Waals surface area contributed by atoms with Gasteiger partial charge in [-0.3, -0.25) is 9.52 Å². The summed E-state index contributed by atoms with van der Waals surface area (Å²) in [6, 6.07) is 13.6. The minimum atomic E-state index is -3.82. The van der Waals surface area contributed by atoms with Crippen LogP contribution >= 0.6 is 0 Å². The van der Waals surface area contributed by atoms with Gasteiger partial charge in [0.15, 0.2) is 0 Å². The van der Waals surface area contributed by atoms with Crippen LogP contribution in [-0.2, 0) is 14.8 Å². The van der Waals surface area contributed by atoms with E-state index in [1.165, 1.54) is 0 Å². The third kappa shape index (κ3) is 5.02. The summed E-state index contributed by atoms with van der Waals surface area (Å²) in [5, 5.41) is 0. The number of hydrogen-bond acceptors (Lipinski definition) is 4. The zero-order chi connectivity index (χ0) is 21.9. The minimum Gasteiger partial charge on any atom is -0.372 e. The van der Waals surface area contributed by atoms with E-state index in [0.29, 0.717) is 24.6 Å². The van der Waals surface area contributed by atoms with Crippen LogP contribution in [-0.4, -0.2) is 44.5 Å². The fraction of sp³-hybridized carbons (Fsp3) is 0.435. The van der Waals surface area contributed by atoms with Gasteiger partial charge in [-0.05, 0) is 56.0 Å². The van der Waals surface area contributed by atoms with Crippen LogP contribution in [0.25, 0.3) is 0 Å². The van der Waals surface area contributed by atoms with Crippen LogP contribution in [0.15, 0.2) is 53.4 Å². The smallest absolute Gasteiger partial charge is 0.261 e. The molecule has 3 atom stereocenters. The zero-order valence-corrected chi connectivity index (χ0v) is 18.8. The Hall–Kier alpha value is -2.38. The van der Waals surface area contributed by atoms with Crippen LogP contribution in [0.3, 0.4) is 0 Å². The van der Waals surface area contributed by atoms with Gasteiger partial charge >= 0.3 is 0 Å². The third-order valence-electron chi connectivity index (χ3n) is 5.48. The summed E-state index contributed by atoms with van der Waals surface area (Å²) >= 11 is 0. The van der Waals surface area contributed by atoms with E-state index in [1.54, 1.807) is 41.3 Å². The molecule has 1 heterocycles. The molecule has 0 saturated carbocycles. The second kappa shape index (κ2) is 9.18. The first kappa shape index (κ1) is 22.3. The number of carbonyl (C=O) groups is 1. The summed E-state index contributed by atoms with van der Waals surface area (Å²) < 4.78 is 34.2. The molecule has 0 bridgehead atoms. The molecule has 2 aromatic rings.